The number of hydrogen-bond acceptors (Lipinski definition) is 3. The van der Waals surface area contributed by atoms with Crippen molar-refractivity contribution in [2.45, 2.75) is 38.7 Å². The minimum atomic E-state index is 0.324. The Bertz CT molecular complexity index is 375. The molecule has 0 saturated carbocycles. The van der Waals surface area contributed by atoms with Crippen LogP contribution in [0.25, 0.3) is 0 Å². The lowest BCUT2D eigenvalue weighted by molar-refractivity contribution is 0.0381. The molecule has 1 unspecified atom stereocenters. The second-order valence-electron chi connectivity index (χ2n) is 4.66. The Morgan fingerprint density at radius 3 is 2.94 bits per heavy atom. The van der Waals surface area contributed by atoms with Crippen LogP contribution in [-0.4, -0.2) is 30.8 Å². The molecule has 1 fully saturated rings. The van der Waals surface area contributed by atoms with Crippen molar-refractivity contribution in [2.75, 3.05) is 24.6 Å². The van der Waals surface area contributed by atoms with Crippen LogP contribution in [0.4, 0.5) is 5.82 Å². The van der Waals surface area contributed by atoms with Crippen molar-refractivity contribution >= 4 is 17.4 Å². The SMILES string of the molecule is CCc1cc(CCl)cc(N2CCOC(CC)C2)n1. The zero-order valence-corrected chi connectivity index (χ0v) is 11.9. The number of anilines is 1. The van der Waals surface area contributed by atoms with Crippen molar-refractivity contribution in [3.05, 3.63) is 23.4 Å². The van der Waals surface area contributed by atoms with Crippen molar-refractivity contribution < 1.29 is 4.74 Å². The lowest BCUT2D eigenvalue weighted by Crippen LogP contribution is -2.42. The molecule has 0 bridgehead atoms. The number of rotatable bonds is 4. The van der Waals surface area contributed by atoms with Gasteiger partial charge in [-0.05, 0) is 30.5 Å². The number of halogens is 1. The van der Waals surface area contributed by atoms with E-state index in [2.05, 4.69) is 30.9 Å². The van der Waals surface area contributed by atoms with Gasteiger partial charge in [-0.15, -0.1) is 11.6 Å². The summed E-state index contributed by atoms with van der Waals surface area (Å²) in [4.78, 5) is 7.02. The molecule has 0 aromatic carbocycles. The van der Waals surface area contributed by atoms with E-state index in [1.54, 1.807) is 0 Å². The van der Waals surface area contributed by atoms with Crippen LogP contribution in [0.15, 0.2) is 12.1 Å². The van der Waals surface area contributed by atoms with Gasteiger partial charge in [0.1, 0.15) is 5.82 Å². The third-order valence-corrected chi connectivity index (χ3v) is 3.67. The van der Waals surface area contributed by atoms with E-state index < -0.39 is 0 Å². The van der Waals surface area contributed by atoms with Crippen LogP contribution in [-0.2, 0) is 17.0 Å². The highest BCUT2D eigenvalue weighted by molar-refractivity contribution is 6.17. The largest absolute Gasteiger partial charge is 0.375 e. The Morgan fingerprint density at radius 1 is 1.44 bits per heavy atom. The Kier molecular flexibility index (Phi) is 4.84. The van der Waals surface area contributed by atoms with E-state index in [9.17, 15) is 0 Å². The lowest BCUT2D eigenvalue weighted by Gasteiger charge is -2.33. The van der Waals surface area contributed by atoms with E-state index in [1.807, 2.05) is 0 Å². The van der Waals surface area contributed by atoms with Crippen LogP contribution in [0.2, 0.25) is 0 Å². The van der Waals surface area contributed by atoms with Crippen molar-refractivity contribution in [1.82, 2.24) is 4.98 Å². The van der Waals surface area contributed by atoms with Crippen LogP contribution >= 0.6 is 11.6 Å². The van der Waals surface area contributed by atoms with Gasteiger partial charge in [-0.1, -0.05) is 13.8 Å². The molecule has 18 heavy (non-hydrogen) atoms. The highest BCUT2D eigenvalue weighted by Crippen LogP contribution is 2.20. The maximum atomic E-state index is 5.95. The minimum absolute atomic E-state index is 0.324. The summed E-state index contributed by atoms with van der Waals surface area (Å²) in [6.45, 7) is 6.91. The first-order valence-electron chi connectivity index (χ1n) is 6.69. The molecule has 2 heterocycles. The Balaban J connectivity index is 2.20. The quantitative estimate of drug-likeness (QED) is 0.785. The van der Waals surface area contributed by atoms with E-state index in [0.29, 0.717) is 12.0 Å². The van der Waals surface area contributed by atoms with Crippen molar-refractivity contribution in [3.63, 3.8) is 0 Å². The number of morpholine rings is 1. The number of nitrogens with zero attached hydrogens (tertiary/aromatic N) is 2. The van der Waals surface area contributed by atoms with Crippen molar-refractivity contribution in [2.24, 2.45) is 0 Å². The molecule has 1 saturated heterocycles. The number of ether oxygens (including phenoxy) is 1. The van der Waals surface area contributed by atoms with Crippen LogP contribution in [0, 0.1) is 0 Å². The minimum Gasteiger partial charge on any atom is -0.375 e. The molecule has 0 amide bonds. The molecule has 1 aromatic heterocycles. The highest BCUT2D eigenvalue weighted by Gasteiger charge is 2.20. The number of aromatic nitrogens is 1. The summed E-state index contributed by atoms with van der Waals surface area (Å²) in [6, 6.07) is 4.19. The first kappa shape index (κ1) is 13.6. The first-order valence-corrected chi connectivity index (χ1v) is 7.22. The molecule has 0 N–H and O–H groups in total. The molecule has 1 aliphatic heterocycles. The lowest BCUT2D eigenvalue weighted by atomic mass is 10.2. The third kappa shape index (κ3) is 3.15. The average Bonchev–Trinajstić information content (AvgIpc) is 2.46. The molecular formula is C14H21ClN2O. The summed E-state index contributed by atoms with van der Waals surface area (Å²) in [5.74, 6) is 1.59. The van der Waals surface area contributed by atoms with E-state index in [-0.39, 0.29) is 0 Å². The normalized spacial score (nSPS) is 20.2. The zero-order valence-electron chi connectivity index (χ0n) is 11.2. The van der Waals surface area contributed by atoms with E-state index >= 15 is 0 Å². The van der Waals surface area contributed by atoms with Crippen LogP contribution in [0.1, 0.15) is 31.5 Å². The summed E-state index contributed by atoms with van der Waals surface area (Å²) in [7, 11) is 0. The predicted octanol–water partition coefficient (Wildman–Crippen LogP) is 3.00. The molecule has 1 aliphatic rings. The molecule has 1 aromatic rings. The maximum Gasteiger partial charge on any atom is 0.129 e. The van der Waals surface area contributed by atoms with Gasteiger partial charge < -0.3 is 9.64 Å². The highest BCUT2D eigenvalue weighted by atomic mass is 35.5. The van der Waals surface area contributed by atoms with Crippen LogP contribution in [0.5, 0.6) is 0 Å². The maximum absolute atomic E-state index is 5.95. The molecule has 3 nitrogen and oxygen atoms in total. The molecule has 0 radical (unpaired) electrons. The predicted molar refractivity (Wildman–Crippen MR) is 75.4 cm³/mol. The van der Waals surface area contributed by atoms with Gasteiger partial charge in [0.25, 0.3) is 0 Å². The monoisotopic (exact) mass is 268 g/mol. The summed E-state index contributed by atoms with van der Waals surface area (Å²) >= 11 is 5.95. The molecule has 4 heteroatoms. The number of alkyl halides is 1. The van der Waals surface area contributed by atoms with Gasteiger partial charge in [0.05, 0.1) is 12.7 Å². The topological polar surface area (TPSA) is 25.4 Å². The van der Waals surface area contributed by atoms with Gasteiger partial charge in [0.2, 0.25) is 0 Å². The Labute approximate surface area is 114 Å². The van der Waals surface area contributed by atoms with Crippen LogP contribution in [0.3, 0.4) is 0 Å². The van der Waals surface area contributed by atoms with Gasteiger partial charge in [0.15, 0.2) is 0 Å². The van der Waals surface area contributed by atoms with Crippen molar-refractivity contribution in [3.8, 4) is 0 Å². The van der Waals surface area contributed by atoms with Gasteiger partial charge in [0, 0.05) is 24.7 Å². The molecule has 0 spiro atoms. The first-order chi connectivity index (χ1) is 8.76. The standard InChI is InChI=1S/C14H21ClN2O/c1-3-12-7-11(9-15)8-14(16-12)17-5-6-18-13(4-2)10-17/h7-8,13H,3-6,9-10H2,1-2H3. The number of hydrogen-bond donors (Lipinski definition) is 0. The van der Waals surface area contributed by atoms with Gasteiger partial charge >= 0.3 is 0 Å². The van der Waals surface area contributed by atoms with E-state index in [0.717, 1.165) is 49.6 Å². The summed E-state index contributed by atoms with van der Waals surface area (Å²) < 4.78 is 5.70. The van der Waals surface area contributed by atoms with Gasteiger partial charge in [-0.3, -0.25) is 0 Å². The fraction of sp³-hybridized carbons (Fsp3) is 0.643. The van der Waals surface area contributed by atoms with E-state index in [4.69, 9.17) is 21.3 Å². The molecule has 100 valence electrons. The van der Waals surface area contributed by atoms with Gasteiger partial charge in [-0.2, -0.15) is 0 Å². The number of aryl methyl sites for hydroxylation is 1. The fourth-order valence-electron chi connectivity index (χ4n) is 2.23. The zero-order chi connectivity index (χ0) is 13.0. The number of pyridine rings is 1. The molecule has 2 rings (SSSR count). The Morgan fingerprint density at radius 2 is 2.28 bits per heavy atom. The van der Waals surface area contributed by atoms with E-state index in [1.165, 1.54) is 0 Å². The second-order valence-corrected chi connectivity index (χ2v) is 4.93. The third-order valence-electron chi connectivity index (χ3n) is 3.36. The summed E-state index contributed by atoms with van der Waals surface area (Å²) in [6.07, 6.45) is 2.32. The molecule has 0 aliphatic carbocycles. The molecular weight excluding hydrogens is 248 g/mol. The Hall–Kier alpha value is -0.800. The van der Waals surface area contributed by atoms with Crippen molar-refractivity contribution in [1.29, 1.82) is 0 Å². The van der Waals surface area contributed by atoms with Gasteiger partial charge in [-0.25, -0.2) is 4.98 Å². The molecule has 1 atom stereocenters. The smallest absolute Gasteiger partial charge is 0.129 e. The summed E-state index contributed by atoms with van der Waals surface area (Å²) in [5, 5.41) is 0. The van der Waals surface area contributed by atoms with Crippen LogP contribution < -0.4 is 4.90 Å². The second kappa shape index (κ2) is 6.39. The summed E-state index contributed by atoms with van der Waals surface area (Å²) in [5.41, 5.74) is 2.26. The average molecular weight is 269 g/mol. The fourth-order valence-corrected chi connectivity index (χ4v) is 2.38.